The second-order valence-electron chi connectivity index (χ2n) is 7.37. The lowest BCUT2D eigenvalue weighted by molar-refractivity contribution is -0.158. The molecule has 0 spiro atoms. The molecule has 8 heteroatoms. The summed E-state index contributed by atoms with van der Waals surface area (Å²) in [5.41, 5.74) is -0.0326. The molecule has 3 aromatic rings. The summed E-state index contributed by atoms with van der Waals surface area (Å²) < 4.78 is 26.4. The monoisotopic (exact) mass is 424 g/mol. The summed E-state index contributed by atoms with van der Waals surface area (Å²) in [5, 5.41) is 0. The van der Waals surface area contributed by atoms with E-state index in [9.17, 15) is 14.0 Å². The van der Waals surface area contributed by atoms with Crippen molar-refractivity contribution in [2.45, 2.75) is 18.7 Å². The van der Waals surface area contributed by atoms with Crippen LogP contribution in [0.3, 0.4) is 0 Å². The minimum absolute atomic E-state index is 0.263. The van der Waals surface area contributed by atoms with Crippen LogP contribution in [0.2, 0.25) is 0 Å². The standard InChI is InChI=1S/C22H17FN2O4S/c1-22-17(20(27)28-2)18(14-5-3-4-6-15(14)29-22)25-19(26)16(30-21(25)24-22)11-12-7-9-13(23)10-8-12/h3-11,17-18H,1-2H3/t17-,18-,22+/m1/s1. The molecule has 3 atom stereocenters. The van der Waals surface area contributed by atoms with Crippen molar-refractivity contribution in [3.63, 3.8) is 0 Å². The number of methoxy groups -OCH3 is 1. The number of carbonyl (C=O) groups is 1. The van der Waals surface area contributed by atoms with E-state index in [1.165, 1.54) is 30.6 Å². The average molecular weight is 424 g/mol. The van der Waals surface area contributed by atoms with E-state index in [1.807, 2.05) is 18.2 Å². The van der Waals surface area contributed by atoms with Crippen LogP contribution in [-0.4, -0.2) is 23.4 Å². The third kappa shape index (κ3) is 2.71. The largest absolute Gasteiger partial charge is 0.469 e. The minimum atomic E-state index is -1.20. The number of aromatic nitrogens is 1. The molecule has 0 fully saturated rings. The number of rotatable bonds is 2. The van der Waals surface area contributed by atoms with Crippen LogP contribution in [0.1, 0.15) is 24.1 Å². The fraction of sp³-hybridized carbons (Fsp3) is 0.227. The molecule has 0 amide bonds. The summed E-state index contributed by atoms with van der Waals surface area (Å²) in [5.74, 6) is -1.06. The zero-order chi connectivity index (χ0) is 21.0. The normalized spacial score (nSPS) is 24.3. The van der Waals surface area contributed by atoms with Crippen LogP contribution >= 0.6 is 11.3 Å². The molecular weight excluding hydrogens is 407 g/mol. The topological polar surface area (TPSA) is 69.9 Å². The fourth-order valence-corrected chi connectivity index (χ4v) is 5.24. The highest BCUT2D eigenvalue weighted by Gasteiger charge is 2.55. The van der Waals surface area contributed by atoms with Crippen molar-refractivity contribution in [1.29, 1.82) is 0 Å². The Labute approximate surface area is 174 Å². The van der Waals surface area contributed by atoms with Gasteiger partial charge in [0, 0.05) is 5.56 Å². The lowest BCUT2D eigenvalue weighted by Gasteiger charge is -2.44. The summed E-state index contributed by atoms with van der Waals surface area (Å²) in [7, 11) is 1.31. The van der Waals surface area contributed by atoms with Crippen LogP contribution in [0.25, 0.3) is 6.08 Å². The second kappa shape index (κ2) is 6.63. The molecule has 2 aromatic carbocycles. The molecule has 30 heavy (non-hydrogen) atoms. The number of fused-ring (bicyclic) bond motifs is 6. The molecule has 0 unspecified atom stereocenters. The van der Waals surface area contributed by atoms with Gasteiger partial charge >= 0.3 is 5.97 Å². The van der Waals surface area contributed by atoms with Gasteiger partial charge in [-0.3, -0.25) is 14.2 Å². The Hall–Kier alpha value is -3.26. The van der Waals surface area contributed by atoms with Crippen molar-refractivity contribution in [2.75, 3.05) is 7.11 Å². The molecule has 3 heterocycles. The van der Waals surface area contributed by atoms with Crippen LogP contribution in [0.5, 0.6) is 5.75 Å². The maximum absolute atomic E-state index is 13.4. The van der Waals surface area contributed by atoms with E-state index >= 15 is 0 Å². The number of thiazole rings is 1. The van der Waals surface area contributed by atoms with Gasteiger partial charge in [-0.15, -0.1) is 0 Å². The molecule has 2 aliphatic rings. The van der Waals surface area contributed by atoms with Gasteiger partial charge in [-0.1, -0.05) is 41.7 Å². The zero-order valence-electron chi connectivity index (χ0n) is 16.2. The number of hydrogen-bond acceptors (Lipinski definition) is 6. The Balaban J connectivity index is 1.79. The van der Waals surface area contributed by atoms with E-state index in [0.29, 0.717) is 20.6 Å². The molecule has 0 radical (unpaired) electrons. The van der Waals surface area contributed by atoms with Gasteiger partial charge in [0.1, 0.15) is 17.5 Å². The van der Waals surface area contributed by atoms with Crippen molar-refractivity contribution in [3.05, 3.63) is 85.2 Å². The highest BCUT2D eigenvalue weighted by Crippen LogP contribution is 2.47. The number of benzene rings is 2. The Morgan fingerprint density at radius 1 is 1.27 bits per heavy atom. The molecular formula is C22H17FN2O4S. The van der Waals surface area contributed by atoms with Crippen molar-refractivity contribution >= 4 is 23.4 Å². The van der Waals surface area contributed by atoms with Gasteiger partial charge in [0.2, 0.25) is 5.72 Å². The first-order valence-electron chi connectivity index (χ1n) is 9.35. The molecule has 0 saturated heterocycles. The molecule has 1 aromatic heterocycles. The number of halogens is 1. The third-order valence-electron chi connectivity index (χ3n) is 5.50. The van der Waals surface area contributed by atoms with Crippen LogP contribution < -0.4 is 19.6 Å². The zero-order valence-corrected chi connectivity index (χ0v) is 17.0. The van der Waals surface area contributed by atoms with Gasteiger partial charge in [-0.05, 0) is 36.8 Å². The maximum Gasteiger partial charge on any atom is 0.317 e. The van der Waals surface area contributed by atoms with Crippen molar-refractivity contribution in [1.82, 2.24) is 4.57 Å². The van der Waals surface area contributed by atoms with Gasteiger partial charge in [0.15, 0.2) is 4.80 Å². The van der Waals surface area contributed by atoms with Crippen LogP contribution in [-0.2, 0) is 9.53 Å². The van der Waals surface area contributed by atoms with E-state index in [-0.39, 0.29) is 11.4 Å². The highest BCUT2D eigenvalue weighted by atomic mass is 32.1. The van der Waals surface area contributed by atoms with Crippen LogP contribution in [0, 0.1) is 11.7 Å². The Kier molecular flexibility index (Phi) is 4.14. The van der Waals surface area contributed by atoms with Crippen molar-refractivity contribution in [3.8, 4) is 5.75 Å². The second-order valence-corrected chi connectivity index (χ2v) is 8.38. The Bertz CT molecular complexity index is 1340. The van der Waals surface area contributed by atoms with Gasteiger partial charge in [-0.25, -0.2) is 9.38 Å². The molecule has 2 aliphatic heterocycles. The molecule has 6 nitrogen and oxygen atoms in total. The summed E-state index contributed by atoms with van der Waals surface area (Å²) in [6.07, 6.45) is 1.69. The number of para-hydroxylation sites is 1. The Morgan fingerprint density at radius 2 is 2.00 bits per heavy atom. The summed E-state index contributed by atoms with van der Waals surface area (Å²) in [4.78, 5) is 31.2. The molecule has 5 rings (SSSR count). The van der Waals surface area contributed by atoms with Crippen molar-refractivity contribution in [2.24, 2.45) is 10.9 Å². The van der Waals surface area contributed by atoms with Gasteiger partial charge in [0.05, 0.1) is 17.7 Å². The highest BCUT2D eigenvalue weighted by molar-refractivity contribution is 7.07. The number of hydrogen-bond donors (Lipinski definition) is 0. The maximum atomic E-state index is 13.4. The van der Waals surface area contributed by atoms with E-state index in [2.05, 4.69) is 4.99 Å². The SMILES string of the molecule is COC(=O)[C@H]1[C@H]2c3ccccc3O[C@]1(C)N=c1sc(=Cc3ccc(F)cc3)c(=O)n12. The molecule has 0 N–H and O–H groups in total. The van der Waals surface area contributed by atoms with E-state index in [4.69, 9.17) is 9.47 Å². The third-order valence-corrected chi connectivity index (χ3v) is 6.49. The number of ether oxygens (including phenoxy) is 2. The smallest absolute Gasteiger partial charge is 0.317 e. The van der Waals surface area contributed by atoms with Crippen LogP contribution in [0.15, 0.2) is 58.3 Å². The summed E-state index contributed by atoms with van der Waals surface area (Å²) in [6, 6.07) is 12.6. The van der Waals surface area contributed by atoms with Crippen LogP contribution in [0.4, 0.5) is 4.39 Å². The minimum Gasteiger partial charge on any atom is -0.469 e. The predicted octanol–water partition coefficient (Wildman–Crippen LogP) is 2.00. The summed E-state index contributed by atoms with van der Waals surface area (Å²) >= 11 is 1.21. The molecule has 152 valence electrons. The molecule has 0 aliphatic carbocycles. The lowest BCUT2D eigenvalue weighted by Crippen LogP contribution is -2.58. The number of carbonyl (C=O) groups excluding carboxylic acids is 1. The fourth-order valence-electron chi connectivity index (χ4n) is 4.14. The van der Waals surface area contributed by atoms with Crippen molar-refractivity contribution < 1.29 is 18.7 Å². The summed E-state index contributed by atoms with van der Waals surface area (Å²) in [6.45, 7) is 1.73. The first-order valence-corrected chi connectivity index (χ1v) is 10.2. The number of nitrogens with zero attached hydrogens (tertiary/aromatic N) is 2. The Morgan fingerprint density at radius 3 is 2.73 bits per heavy atom. The average Bonchev–Trinajstić information content (AvgIpc) is 3.02. The van der Waals surface area contributed by atoms with Gasteiger partial charge in [-0.2, -0.15) is 0 Å². The quantitative estimate of drug-likeness (QED) is 0.590. The number of esters is 1. The molecule has 0 saturated carbocycles. The van der Waals surface area contributed by atoms with E-state index in [1.54, 1.807) is 35.8 Å². The molecule has 2 bridgehead atoms. The van der Waals surface area contributed by atoms with E-state index in [0.717, 1.165) is 5.56 Å². The lowest BCUT2D eigenvalue weighted by atomic mass is 9.81. The first kappa shape index (κ1) is 18.7. The predicted molar refractivity (Wildman–Crippen MR) is 108 cm³/mol. The first-order chi connectivity index (χ1) is 14.4. The van der Waals surface area contributed by atoms with E-state index < -0.39 is 23.7 Å². The van der Waals surface area contributed by atoms with Gasteiger partial charge < -0.3 is 9.47 Å². The van der Waals surface area contributed by atoms with Gasteiger partial charge in [0.25, 0.3) is 5.56 Å².